The Morgan fingerprint density at radius 2 is 1.80 bits per heavy atom. The van der Waals surface area contributed by atoms with Gasteiger partial charge in [-0.3, -0.25) is 9.59 Å². The van der Waals surface area contributed by atoms with Gasteiger partial charge in [-0.1, -0.05) is 60.7 Å². The zero-order valence-corrected chi connectivity index (χ0v) is 20.0. The van der Waals surface area contributed by atoms with E-state index >= 15 is 0 Å². The number of amides is 1. The number of ether oxygens (including phenoxy) is 1. The highest BCUT2D eigenvalue weighted by Crippen LogP contribution is 2.35. The molecule has 1 heterocycles. The predicted octanol–water partition coefficient (Wildman–Crippen LogP) is 4.79. The quantitative estimate of drug-likeness (QED) is 0.406. The van der Waals surface area contributed by atoms with E-state index in [0.717, 1.165) is 47.9 Å². The Morgan fingerprint density at radius 1 is 1.00 bits per heavy atom. The number of hydrogen-bond acceptors (Lipinski definition) is 3. The lowest BCUT2D eigenvalue weighted by molar-refractivity contribution is 0.0952. The third kappa shape index (κ3) is 4.85. The standard InChI is InChI=1S/C30H30N2O3/c1-35-28-13-7-11-23-18-22(19-25(23)28)15-17-32-27-12-6-5-10-24(27)20-26(30(32)34)29(33)31-16-14-21-8-3-2-4-9-21/h2-13,20,22H,14-19H2,1H3,(H,31,33). The highest BCUT2D eigenvalue weighted by molar-refractivity contribution is 5.97. The number of nitrogens with zero attached hydrogens (tertiary/aromatic N) is 1. The zero-order valence-electron chi connectivity index (χ0n) is 20.0. The van der Waals surface area contributed by atoms with Gasteiger partial charge in [0.05, 0.1) is 12.6 Å². The molecule has 1 aliphatic carbocycles. The van der Waals surface area contributed by atoms with Gasteiger partial charge < -0.3 is 14.6 Å². The van der Waals surface area contributed by atoms with Gasteiger partial charge in [-0.25, -0.2) is 0 Å². The number of hydrogen-bond donors (Lipinski definition) is 1. The van der Waals surface area contributed by atoms with Gasteiger partial charge in [-0.05, 0) is 71.9 Å². The summed E-state index contributed by atoms with van der Waals surface area (Å²) < 4.78 is 7.33. The number of rotatable bonds is 8. The Bertz CT molecular complexity index is 1410. The molecule has 5 heteroatoms. The Kier molecular flexibility index (Phi) is 6.66. The number of pyridine rings is 1. The van der Waals surface area contributed by atoms with Crippen LogP contribution in [0.5, 0.6) is 5.75 Å². The first kappa shape index (κ1) is 22.9. The van der Waals surface area contributed by atoms with E-state index in [1.165, 1.54) is 11.1 Å². The molecule has 0 radical (unpaired) electrons. The maximum Gasteiger partial charge on any atom is 0.263 e. The van der Waals surface area contributed by atoms with Crippen molar-refractivity contribution in [2.24, 2.45) is 5.92 Å². The second-order valence-electron chi connectivity index (χ2n) is 9.23. The minimum Gasteiger partial charge on any atom is -0.496 e. The van der Waals surface area contributed by atoms with Gasteiger partial charge in [-0.15, -0.1) is 0 Å². The number of carbonyl (C=O) groups excluding carboxylic acids is 1. The molecule has 0 bridgehead atoms. The van der Waals surface area contributed by atoms with E-state index in [9.17, 15) is 9.59 Å². The molecule has 1 unspecified atom stereocenters. The molecule has 1 aliphatic rings. The third-order valence-corrected chi connectivity index (χ3v) is 7.00. The summed E-state index contributed by atoms with van der Waals surface area (Å²) in [6, 6.07) is 25.7. The first-order valence-corrected chi connectivity index (χ1v) is 12.2. The van der Waals surface area contributed by atoms with E-state index in [1.54, 1.807) is 17.7 Å². The summed E-state index contributed by atoms with van der Waals surface area (Å²) in [5.41, 5.74) is 4.60. The molecule has 3 aromatic carbocycles. The molecular formula is C30H30N2O3. The van der Waals surface area contributed by atoms with Crippen molar-refractivity contribution in [3.63, 3.8) is 0 Å². The van der Waals surface area contributed by atoms with Gasteiger partial charge in [0.2, 0.25) is 0 Å². The van der Waals surface area contributed by atoms with Crippen LogP contribution in [0.15, 0.2) is 83.7 Å². The molecule has 0 aliphatic heterocycles. The van der Waals surface area contributed by atoms with Gasteiger partial charge in [0.25, 0.3) is 11.5 Å². The second kappa shape index (κ2) is 10.2. The van der Waals surface area contributed by atoms with Gasteiger partial charge >= 0.3 is 0 Å². The first-order chi connectivity index (χ1) is 17.1. The monoisotopic (exact) mass is 466 g/mol. The highest BCUT2D eigenvalue weighted by atomic mass is 16.5. The molecule has 1 atom stereocenters. The molecule has 1 aromatic heterocycles. The maximum atomic E-state index is 13.5. The summed E-state index contributed by atoms with van der Waals surface area (Å²) >= 11 is 0. The fraction of sp³-hybridized carbons (Fsp3) is 0.267. The van der Waals surface area contributed by atoms with E-state index < -0.39 is 0 Å². The molecular weight excluding hydrogens is 436 g/mol. The van der Waals surface area contributed by atoms with Crippen molar-refractivity contribution in [1.82, 2.24) is 9.88 Å². The smallest absolute Gasteiger partial charge is 0.263 e. The van der Waals surface area contributed by atoms with Gasteiger partial charge in [0.1, 0.15) is 11.3 Å². The normalized spacial score (nSPS) is 14.6. The van der Waals surface area contributed by atoms with Crippen molar-refractivity contribution < 1.29 is 9.53 Å². The molecule has 5 rings (SSSR count). The Balaban J connectivity index is 1.34. The number of methoxy groups -OCH3 is 1. The van der Waals surface area contributed by atoms with E-state index in [0.29, 0.717) is 19.0 Å². The Hall–Kier alpha value is -3.86. The maximum absolute atomic E-state index is 13.5. The van der Waals surface area contributed by atoms with E-state index in [4.69, 9.17) is 4.74 Å². The lowest BCUT2D eigenvalue weighted by Crippen LogP contribution is -2.34. The van der Waals surface area contributed by atoms with E-state index in [-0.39, 0.29) is 17.0 Å². The fourth-order valence-corrected chi connectivity index (χ4v) is 5.19. The number of benzene rings is 3. The minimum atomic E-state index is -0.316. The number of fused-ring (bicyclic) bond motifs is 2. The number of aromatic nitrogens is 1. The summed E-state index contributed by atoms with van der Waals surface area (Å²) in [5.74, 6) is 1.07. The highest BCUT2D eigenvalue weighted by Gasteiger charge is 2.25. The number of nitrogens with one attached hydrogen (secondary N) is 1. The van der Waals surface area contributed by atoms with Crippen LogP contribution in [-0.4, -0.2) is 24.1 Å². The van der Waals surface area contributed by atoms with Crippen molar-refractivity contribution >= 4 is 16.8 Å². The summed E-state index contributed by atoms with van der Waals surface area (Å²) in [5, 5.41) is 3.84. The number of para-hydroxylation sites is 1. The van der Waals surface area contributed by atoms with Crippen molar-refractivity contribution in [2.75, 3.05) is 13.7 Å². The van der Waals surface area contributed by atoms with Crippen LogP contribution in [0.1, 0.15) is 33.5 Å². The first-order valence-electron chi connectivity index (χ1n) is 12.2. The Morgan fingerprint density at radius 3 is 2.63 bits per heavy atom. The van der Waals surface area contributed by atoms with Crippen LogP contribution in [-0.2, 0) is 25.8 Å². The summed E-state index contributed by atoms with van der Waals surface area (Å²) in [4.78, 5) is 26.5. The average Bonchev–Trinajstić information content (AvgIpc) is 3.31. The lowest BCUT2D eigenvalue weighted by atomic mass is 10.0. The van der Waals surface area contributed by atoms with Crippen LogP contribution in [0.25, 0.3) is 10.9 Å². The van der Waals surface area contributed by atoms with E-state index in [1.807, 2.05) is 66.7 Å². The summed E-state index contributed by atoms with van der Waals surface area (Å²) in [6.45, 7) is 1.06. The van der Waals surface area contributed by atoms with Gasteiger partial charge in [0, 0.05) is 13.1 Å². The third-order valence-electron chi connectivity index (χ3n) is 7.00. The molecule has 35 heavy (non-hydrogen) atoms. The van der Waals surface area contributed by atoms with E-state index in [2.05, 4.69) is 11.4 Å². The summed E-state index contributed by atoms with van der Waals surface area (Å²) in [6.07, 6.45) is 3.52. The SMILES string of the molecule is COc1cccc2c1CC(CCn1c(=O)c(C(=O)NCCc3ccccc3)cc3ccccc31)C2. The van der Waals surface area contributed by atoms with Crippen LogP contribution in [0.3, 0.4) is 0 Å². The molecule has 178 valence electrons. The summed E-state index contributed by atoms with van der Waals surface area (Å²) in [7, 11) is 1.71. The van der Waals surface area contributed by atoms with Crippen molar-refractivity contribution in [1.29, 1.82) is 0 Å². The largest absolute Gasteiger partial charge is 0.496 e. The average molecular weight is 467 g/mol. The lowest BCUT2D eigenvalue weighted by Gasteiger charge is -2.15. The molecule has 0 spiro atoms. The molecule has 1 amide bonds. The van der Waals surface area contributed by atoms with Crippen LogP contribution >= 0.6 is 0 Å². The number of aryl methyl sites for hydroxylation is 1. The second-order valence-corrected chi connectivity index (χ2v) is 9.23. The topological polar surface area (TPSA) is 60.3 Å². The van der Waals surface area contributed by atoms with Crippen LogP contribution < -0.4 is 15.6 Å². The van der Waals surface area contributed by atoms with Crippen molar-refractivity contribution in [2.45, 2.75) is 32.2 Å². The predicted molar refractivity (Wildman–Crippen MR) is 139 cm³/mol. The van der Waals surface area contributed by atoms with Crippen LogP contribution in [0.4, 0.5) is 0 Å². The molecule has 5 nitrogen and oxygen atoms in total. The number of carbonyl (C=O) groups is 1. The van der Waals surface area contributed by atoms with Gasteiger partial charge in [-0.2, -0.15) is 0 Å². The Labute approximate surface area is 205 Å². The molecule has 0 saturated carbocycles. The minimum absolute atomic E-state index is 0.202. The molecule has 4 aromatic rings. The van der Waals surface area contributed by atoms with Gasteiger partial charge in [0.15, 0.2) is 0 Å². The molecule has 1 N–H and O–H groups in total. The zero-order chi connectivity index (χ0) is 24.2. The van der Waals surface area contributed by atoms with Crippen LogP contribution in [0, 0.1) is 5.92 Å². The van der Waals surface area contributed by atoms with Crippen molar-refractivity contribution in [3.8, 4) is 5.75 Å². The fourth-order valence-electron chi connectivity index (χ4n) is 5.19. The molecule has 0 saturated heterocycles. The van der Waals surface area contributed by atoms with Crippen molar-refractivity contribution in [3.05, 3.63) is 111 Å². The molecule has 0 fully saturated rings. The van der Waals surface area contributed by atoms with Crippen LogP contribution in [0.2, 0.25) is 0 Å².